The highest BCUT2D eigenvalue weighted by molar-refractivity contribution is 8.00. The summed E-state index contributed by atoms with van der Waals surface area (Å²) in [4.78, 5) is 11.6. The molecule has 4 aliphatic rings. The van der Waals surface area contributed by atoms with Crippen LogP contribution < -0.4 is 0 Å². The quantitative estimate of drug-likeness (QED) is 0.265. The van der Waals surface area contributed by atoms with Crippen molar-refractivity contribution >= 4 is 29.5 Å². The summed E-state index contributed by atoms with van der Waals surface area (Å²) in [6, 6.07) is 0. The topological polar surface area (TPSA) is 26.3 Å². The highest BCUT2D eigenvalue weighted by Gasteiger charge is 2.57. The second kappa shape index (κ2) is 8.73. The molecular formula is C21H34O2S2. The Labute approximate surface area is 162 Å². The van der Waals surface area contributed by atoms with Crippen molar-refractivity contribution in [2.75, 3.05) is 29.6 Å². The van der Waals surface area contributed by atoms with Crippen LogP contribution in [0.15, 0.2) is 12.7 Å². The van der Waals surface area contributed by atoms with Crippen molar-refractivity contribution in [3.8, 4) is 0 Å². The highest BCUT2D eigenvalue weighted by Crippen LogP contribution is 2.65. The van der Waals surface area contributed by atoms with Crippen molar-refractivity contribution in [1.82, 2.24) is 0 Å². The van der Waals surface area contributed by atoms with E-state index in [1.165, 1.54) is 80.5 Å². The van der Waals surface area contributed by atoms with Gasteiger partial charge in [-0.2, -0.15) is 23.5 Å². The van der Waals surface area contributed by atoms with Crippen LogP contribution in [-0.4, -0.2) is 35.6 Å². The number of carbonyl (C=O) groups excluding carboxylic acids is 1. The second-order valence-corrected chi connectivity index (χ2v) is 11.1. The van der Waals surface area contributed by atoms with Gasteiger partial charge in [-0.15, -0.1) is 0 Å². The Bertz CT molecular complexity index is 463. The normalized spacial score (nSPS) is 35.7. The van der Waals surface area contributed by atoms with Gasteiger partial charge in [-0.1, -0.05) is 13.5 Å². The number of rotatable bonds is 11. The van der Waals surface area contributed by atoms with Crippen LogP contribution in [-0.2, 0) is 9.53 Å². The molecule has 4 bridgehead atoms. The van der Waals surface area contributed by atoms with Gasteiger partial charge in [0.1, 0.15) is 0 Å². The summed E-state index contributed by atoms with van der Waals surface area (Å²) in [6.45, 7) is 6.43. The van der Waals surface area contributed by atoms with E-state index >= 15 is 0 Å². The summed E-state index contributed by atoms with van der Waals surface area (Å²) >= 11 is 4.29. The molecule has 4 aliphatic carbocycles. The minimum atomic E-state index is -0.247. The third-order valence-electron chi connectivity index (χ3n) is 6.32. The number of thioether (sulfide) groups is 2. The van der Waals surface area contributed by atoms with Crippen LogP contribution >= 0.6 is 23.5 Å². The zero-order valence-corrected chi connectivity index (χ0v) is 17.4. The van der Waals surface area contributed by atoms with E-state index in [1.54, 1.807) is 0 Å². The third kappa shape index (κ3) is 5.00. The van der Waals surface area contributed by atoms with Gasteiger partial charge in [0, 0.05) is 11.5 Å². The predicted molar refractivity (Wildman–Crippen MR) is 110 cm³/mol. The van der Waals surface area contributed by atoms with Crippen molar-refractivity contribution in [1.29, 1.82) is 0 Å². The second-order valence-electron chi connectivity index (χ2n) is 8.79. The van der Waals surface area contributed by atoms with E-state index in [9.17, 15) is 4.79 Å². The van der Waals surface area contributed by atoms with Gasteiger partial charge in [0.05, 0.1) is 6.61 Å². The third-order valence-corrected chi connectivity index (χ3v) is 8.99. The van der Waals surface area contributed by atoms with Gasteiger partial charge >= 0.3 is 5.97 Å². The molecule has 0 spiro atoms. The monoisotopic (exact) mass is 382 g/mol. The molecule has 0 radical (unpaired) electrons. The maximum Gasteiger partial charge on any atom is 0.330 e. The summed E-state index contributed by atoms with van der Waals surface area (Å²) in [7, 11) is 0. The molecule has 0 aromatic rings. The van der Waals surface area contributed by atoms with E-state index in [0.717, 1.165) is 11.8 Å². The molecule has 0 aromatic carbocycles. The van der Waals surface area contributed by atoms with Gasteiger partial charge < -0.3 is 4.74 Å². The molecule has 142 valence electrons. The van der Waals surface area contributed by atoms with Gasteiger partial charge in [-0.05, 0) is 91.6 Å². The Morgan fingerprint density at radius 3 is 2.48 bits per heavy atom. The fourth-order valence-electron chi connectivity index (χ4n) is 6.07. The minimum Gasteiger partial charge on any atom is -0.462 e. The lowest BCUT2D eigenvalue weighted by Crippen LogP contribution is -2.54. The lowest BCUT2D eigenvalue weighted by molar-refractivity contribution is -0.157. The van der Waals surface area contributed by atoms with Crippen molar-refractivity contribution in [2.45, 2.75) is 58.3 Å². The summed E-state index contributed by atoms with van der Waals surface area (Å²) in [5, 5.41) is 0. The van der Waals surface area contributed by atoms with Gasteiger partial charge in [-0.25, -0.2) is 4.79 Å². The molecule has 0 aliphatic heterocycles. The Balaban J connectivity index is 1.50. The molecule has 0 N–H and O–H groups in total. The first kappa shape index (κ1) is 19.7. The Hall–Kier alpha value is -0.0900. The summed E-state index contributed by atoms with van der Waals surface area (Å²) in [5.41, 5.74) is 0.812. The number of carbonyl (C=O) groups is 1. The Kier molecular flexibility index (Phi) is 6.87. The minimum absolute atomic E-state index is 0.247. The van der Waals surface area contributed by atoms with Gasteiger partial charge in [0.15, 0.2) is 0 Å². The molecule has 4 heteroatoms. The first-order valence-electron chi connectivity index (χ1n) is 10.0. The summed E-state index contributed by atoms with van der Waals surface area (Å²) in [5.74, 6) is 6.78. The molecular weight excluding hydrogens is 348 g/mol. The molecule has 2 atom stereocenters. The zero-order valence-electron chi connectivity index (χ0n) is 15.8. The van der Waals surface area contributed by atoms with Gasteiger partial charge in [-0.3, -0.25) is 0 Å². The fourth-order valence-corrected chi connectivity index (χ4v) is 8.36. The summed E-state index contributed by atoms with van der Waals surface area (Å²) < 4.78 is 5.54. The van der Waals surface area contributed by atoms with E-state index < -0.39 is 0 Å². The van der Waals surface area contributed by atoms with Crippen LogP contribution in [0.2, 0.25) is 0 Å². The van der Waals surface area contributed by atoms with Crippen LogP contribution in [0.25, 0.3) is 0 Å². The van der Waals surface area contributed by atoms with Gasteiger partial charge in [0.2, 0.25) is 0 Å². The fraction of sp³-hybridized carbons (Fsp3) is 0.857. The first-order valence-corrected chi connectivity index (χ1v) is 12.3. The Morgan fingerprint density at radius 1 is 1.12 bits per heavy atom. The number of esters is 1. The van der Waals surface area contributed by atoms with E-state index in [2.05, 4.69) is 37.0 Å². The maximum absolute atomic E-state index is 11.6. The predicted octanol–water partition coefficient (Wildman–Crippen LogP) is 5.57. The molecule has 0 heterocycles. The van der Waals surface area contributed by atoms with E-state index in [1.807, 2.05) is 0 Å². The number of hydrogen-bond donors (Lipinski definition) is 0. The molecule has 0 aromatic heterocycles. The molecule has 0 saturated heterocycles. The SMILES string of the molecule is C=CC(=O)OCC12CC3CC(C1)CC(CSCCCSCCC)(C3)C2. The summed E-state index contributed by atoms with van der Waals surface area (Å²) in [6.07, 6.45) is 12.1. The molecule has 4 rings (SSSR count). The van der Waals surface area contributed by atoms with E-state index in [0.29, 0.717) is 12.0 Å². The average molecular weight is 383 g/mol. The van der Waals surface area contributed by atoms with E-state index in [-0.39, 0.29) is 11.4 Å². The van der Waals surface area contributed by atoms with Crippen molar-refractivity contribution in [3.63, 3.8) is 0 Å². The van der Waals surface area contributed by atoms with Crippen molar-refractivity contribution < 1.29 is 9.53 Å². The number of ether oxygens (including phenoxy) is 1. The Morgan fingerprint density at radius 2 is 1.80 bits per heavy atom. The van der Waals surface area contributed by atoms with Crippen LogP contribution in [0, 0.1) is 22.7 Å². The lowest BCUT2D eigenvalue weighted by Gasteiger charge is -2.62. The number of hydrogen-bond acceptors (Lipinski definition) is 4. The van der Waals surface area contributed by atoms with Crippen LogP contribution in [0.1, 0.15) is 58.3 Å². The van der Waals surface area contributed by atoms with Crippen LogP contribution in [0.5, 0.6) is 0 Å². The van der Waals surface area contributed by atoms with Crippen molar-refractivity contribution in [3.05, 3.63) is 12.7 Å². The molecule has 0 amide bonds. The molecule has 2 unspecified atom stereocenters. The highest BCUT2D eigenvalue weighted by atomic mass is 32.2. The molecule has 25 heavy (non-hydrogen) atoms. The van der Waals surface area contributed by atoms with Crippen molar-refractivity contribution in [2.24, 2.45) is 22.7 Å². The zero-order chi connectivity index (χ0) is 17.8. The maximum atomic E-state index is 11.6. The first-order chi connectivity index (χ1) is 12.1. The standard InChI is InChI=1S/C21H34O2S2/c1-3-6-24-7-5-8-25-16-21-12-17-9-18(13-21)11-20(10-17,14-21)15-23-19(22)4-2/h4,17-18H,2-3,5-16H2,1H3. The smallest absolute Gasteiger partial charge is 0.330 e. The lowest BCUT2D eigenvalue weighted by atomic mass is 9.45. The van der Waals surface area contributed by atoms with Crippen LogP contribution in [0.3, 0.4) is 0 Å². The van der Waals surface area contributed by atoms with Crippen LogP contribution in [0.4, 0.5) is 0 Å². The molecule has 4 fully saturated rings. The average Bonchev–Trinajstić information content (AvgIpc) is 2.58. The molecule has 4 saturated carbocycles. The van der Waals surface area contributed by atoms with Gasteiger partial charge in [0.25, 0.3) is 0 Å². The molecule has 2 nitrogen and oxygen atoms in total. The largest absolute Gasteiger partial charge is 0.462 e. The van der Waals surface area contributed by atoms with E-state index in [4.69, 9.17) is 4.74 Å².